The van der Waals surface area contributed by atoms with Gasteiger partial charge in [-0.05, 0) is 6.08 Å². The van der Waals surface area contributed by atoms with Crippen molar-refractivity contribution in [3.63, 3.8) is 0 Å². The van der Waals surface area contributed by atoms with Crippen LogP contribution in [0.3, 0.4) is 0 Å². The van der Waals surface area contributed by atoms with Crippen molar-refractivity contribution in [2.45, 2.75) is 40.0 Å². The standard InChI is InChI=1S/C3H4O2.3C3H7O.Zr/c1-2-3(4)5;3*1-2-3-4;/h2H,1H2,(H,4,5);3*2-3H2,1H3;/q;3*-1;+4/p-1. The van der Waals surface area contributed by atoms with Crippen LogP contribution < -0.4 is 5.11 Å². The molecule has 0 spiro atoms. The Kier molecular flexibility index (Phi) is 19.1. The maximum absolute atomic E-state index is 9.14. The van der Waals surface area contributed by atoms with Crippen LogP contribution >= 0.6 is 0 Å². The molecule has 0 radical (unpaired) electrons. The van der Waals surface area contributed by atoms with Gasteiger partial charge in [0.1, 0.15) is 0 Å². The normalized spacial score (nSPS) is 9.28. The van der Waals surface area contributed by atoms with Crippen molar-refractivity contribution in [2.75, 3.05) is 19.8 Å². The van der Waals surface area contributed by atoms with E-state index in [1.54, 1.807) is 0 Å². The predicted octanol–water partition coefficient (Wildman–Crippen LogP) is 1.55. The van der Waals surface area contributed by atoms with Gasteiger partial charge in [-0.2, -0.15) is 0 Å². The van der Waals surface area contributed by atoms with Crippen LogP contribution in [0.1, 0.15) is 40.0 Å². The molecule has 6 heteroatoms. The Balaban J connectivity index is 0. The number of rotatable bonds is 10. The van der Waals surface area contributed by atoms with Gasteiger partial charge in [-0.1, -0.05) is 6.58 Å². The van der Waals surface area contributed by atoms with Gasteiger partial charge in [0.05, 0.1) is 5.97 Å². The Labute approximate surface area is 120 Å². The quantitative estimate of drug-likeness (QED) is 0.565. The van der Waals surface area contributed by atoms with E-state index in [0.717, 1.165) is 45.2 Å². The third-order valence-electron chi connectivity index (χ3n) is 1.44. The van der Waals surface area contributed by atoms with Gasteiger partial charge in [-0.15, -0.1) is 0 Å². The second kappa shape index (κ2) is 17.0. The van der Waals surface area contributed by atoms with Crippen LogP contribution in [0.25, 0.3) is 0 Å². The van der Waals surface area contributed by atoms with Gasteiger partial charge in [0.15, 0.2) is 0 Å². The first-order valence-electron chi connectivity index (χ1n) is 6.20. The van der Waals surface area contributed by atoms with Crippen molar-refractivity contribution in [1.29, 1.82) is 0 Å². The first-order chi connectivity index (χ1) is 8.62. The molecule has 0 saturated heterocycles. The zero-order valence-electron chi connectivity index (χ0n) is 11.6. The number of hydrogen-bond acceptors (Lipinski definition) is 5. The number of carboxylic acid groups (broad SMARTS) is 1. The van der Waals surface area contributed by atoms with Gasteiger partial charge in [0, 0.05) is 0 Å². The molecule has 106 valence electrons. The Morgan fingerprint density at radius 1 is 1.06 bits per heavy atom. The Morgan fingerprint density at radius 2 is 1.33 bits per heavy atom. The second-order valence-corrected chi connectivity index (χ2v) is 6.68. The molecule has 18 heavy (non-hydrogen) atoms. The predicted molar refractivity (Wildman–Crippen MR) is 63.9 cm³/mol. The summed E-state index contributed by atoms with van der Waals surface area (Å²) >= 11 is -2.34. The van der Waals surface area contributed by atoms with Crippen LogP contribution in [0.4, 0.5) is 0 Å². The molecule has 0 aromatic carbocycles. The summed E-state index contributed by atoms with van der Waals surface area (Å²) in [6, 6.07) is 0. The van der Waals surface area contributed by atoms with Crippen LogP contribution in [0.5, 0.6) is 0 Å². The molecule has 0 amide bonds. The number of aliphatic carboxylic acids is 1. The first kappa shape index (κ1) is 20.3. The van der Waals surface area contributed by atoms with E-state index in [4.69, 9.17) is 18.3 Å². The molecule has 0 N–H and O–H groups in total. The third kappa shape index (κ3) is 18.3. The molecule has 5 nitrogen and oxygen atoms in total. The summed E-state index contributed by atoms with van der Waals surface area (Å²) in [5.41, 5.74) is 0. The topological polar surface area (TPSA) is 67.8 Å². The van der Waals surface area contributed by atoms with Gasteiger partial charge in [-0.3, -0.25) is 0 Å². The fourth-order valence-electron chi connectivity index (χ4n) is 0.681. The summed E-state index contributed by atoms with van der Waals surface area (Å²) in [4.78, 5) is 9.14. The summed E-state index contributed by atoms with van der Waals surface area (Å²) < 4.78 is 16.6. The number of carbonyl (C=O) groups is 1. The first-order valence-corrected chi connectivity index (χ1v) is 9.22. The van der Waals surface area contributed by atoms with E-state index in [9.17, 15) is 0 Å². The van der Waals surface area contributed by atoms with E-state index in [1.165, 1.54) is 0 Å². The molecule has 0 aliphatic heterocycles. The SMILES string of the molecule is C=CC(=O)[O-].CCC[O][Zr+]([O]CCC)[O]CCC. The van der Waals surface area contributed by atoms with E-state index in [1.807, 2.05) is 0 Å². The molecule has 0 aromatic heterocycles. The van der Waals surface area contributed by atoms with Crippen molar-refractivity contribution < 1.29 is 41.4 Å². The molecule has 0 saturated carbocycles. The average molecular weight is 340 g/mol. The molecular formula is C12H24O5Zr. The van der Waals surface area contributed by atoms with Crippen molar-refractivity contribution in [3.8, 4) is 0 Å². The van der Waals surface area contributed by atoms with Crippen molar-refractivity contribution in [2.24, 2.45) is 0 Å². The van der Waals surface area contributed by atoms with Gasteiger partial charge in [0.2, 0.25) is 0 Å². The monoisotopic (exact) mass is 338 g/mol. The number of carbonyl (C=O) groups excluding carboxylic acids is 1. The van der Waals surface area contributed by atoms with Crippen molar-refractivity contribution in [3.05, 3.63) is 12.7 Å². The van der Waals surface area contributed by atoms with Crippen LogP contribution in [0.2, 0.25) is 0 Å². The van der Waals surface area contributed by atoms with E-state index < -0.39 is 29.0 Å². The van der Waals surface area contributed by atoms with E-state index in [2.05, 4.69) is 27.4 Å². The fourth-order valence-corrected chi connectivity index (χ4v) is 4.03. The van der Waals surface area contributed by atoms with E-state index in [0.29, 0.717) is 0 Å². The average Bonchev–Trinajstić information content (AvgIpc) is 2.38. The van der Waals surface area contributed by atoms with Gasteiger partial charge < -0.3 is 9.90 Å². The number of hydrogen-bond donors (Lipinski definition) is 0. The minimum absolute atomic E-state index is 0.722. The molecule has 0 rings (SSSR count). The minimum atomic E-state index is -2.34. The molecule has 0 aromatic rings. The molecule has 0 unspecified atom stereocenters. The molecule has 0 heterocycles. The summed E-state index contributed by atoms with van der Waals surface area (Å²) in [5.74, 6) is -1.23. The zero-order chi connectivity index (χ0) is 14.2. The Hall–Kier alpha value is -0.0269. The van der Waals surface area contributed by atoms with Crippen LogP contribution in [0, 0.1) is 0 Å². The molecule has 0 fully saturated rings. The van der Waals surface area contributed by atoms with E-state index >= 15 is 0 Å². The van der Waals surface area contributed by atoms with Crippen molar-refractivity contribution in [1.82, 2.24) is 0 Å². The molecule has 0 bridgehead atoms. The number of carboxylic acids is 1. The Bertz CT molecular complexity index is 180. The van der Waals surface area contributed by atoms with Crippen LogP contribution in [-0.4, -0.2) is 25.8 Å². The van der Waals surface area contributed by atoms with E-state index in [-0.39, 0.29) is 0 Å². The molecular weight excluding hydrogens is 315 g/mol. The van der Waals surface area contributed by atoms with Gasteiger partial charge >= 0.3 is 91.4 Å². The Morgan fingerprint density at radius 3 is 1.50 bits per heavy atom. The summed E-state index contributed by atoms with van der Waals surface area (Å²) in [6.45, 7) is 11.5. The zero-order valence-corrected chi connectivity index (χ0v) is 14.0. The summed E-state index contributed by atoms with van der Waals surface area (Å²) in [5, 5.41) is 9.14. The van der Waals surface area contributed by atoms with Crippen molar-refractivity contribution >= 4 is 5.97 Å². The summed E-state index contributed by atoms with van der Waals surface area (Å²) in [7, 11) is 0. The molecule has 0 aliphatic rings. The molecule has 0 aliphatic carbocycles. The maximum atomic E-state index is 9.14. The van der Waals surface area contributed by atoms with Crippen LogP contribution in [0.15, 0.2) is 12.7 Å². The fraction of sp³-hybridized carbons (Fsp3) is 0.750. The second-order valence-electron chi connectivity index (χ2n) is 3.32. The third-order valence-corrected chi connectivity index (χ3v) is 4.68. The van der Waals surface area contributed by atoms with Gasteiger partial charge in [-0.25, -0.2) is 0 Å². The summed E-state index contributed by atoms with van der Waals surface area (Å²) in [6.07, 6.45) is 3.83. The van der Waals surface area contributed by atoms with Gasteiger partial charge in [0.25, 0.3) is 0 Å². The van der Waals surface area contributed by atoms with Crippen LogP contribution in [-0.2, 0) is 36.3 Å². The molecule has 0 atom stereocenters.